The van der Waals surface area contributed by atoms with Gasteiger partial charge in [0.05, 0.1) is 0 Å². The van der Waals surface area contributed by atoms with Crippen LogP contribution >= 0.6 is 0 Å². The van der Waals surface area contributed by atoms with E-state index in [0.29, 0.717) is 18.9 Å². The van der Waals surface area contributed by atoms with Crippen LogP contribution < -0.4 is 10.6 Å². The van der Waals surface area contributed by atoms with Gasteiger partial charge in [-0.15, -0.1) is 0 Å². The van der Waals surface area contributed by atoms with E-state index in [9.17, 15) is 9.59 Å². The highest BCUT2D eigenvalue weighted by molar-refractivity contribution is 5.85. The highest BCUT2D eigenvalue weighted by Gasteiger charge is 2.24. The Bertz CT molecular complexity index is 309. The first-order chi connectivity index (χ1) is 9.15. The molecule has 5 nitrogen and oxygen atoms in total. The summed E-state index contributed by atoms with van der Waals surface area (Å²) in [4.78, 5) is 23.8. The molecule has 0 spiro atoms. The summed E-state index contributed by atoms with van der Waals surface area (Å²) in [7, 11) is 0. The van der Waals surface area contributed by atoms with Crippen LogP contribution in [0.3, 0.4) is 0 Å². The first kappa shape index (κ1) is 18.7. The zero-order valence-electron chi connectivity index (χ0n) is 13.7. The van der Waals surface area contributed by atoms with Crippen LogP contribution in [-0.4, -0.2) is 30.2 Å². The summed E-state index contributed by atoms with van der Waals surface area (Å²) in [5.74, 6) is 0.171. The molecule has 0 fully saturated rings. The third kappa shape index (κ3) is 9.64. The molecule has 20 heavy (non-hydrogen) atoms. The van der Waals surface area contributed by atoms with Crippen LogP contribution in [0.4, 0.5) is 4.79 Å². The number of nitrogens with one attached hydrogen (secondary N) is 2. The summed E-state index contributed by atoms with van der Waals surface area (Å²) in [6.07, 6.45) is 2.01. The monoisotopic (exact) mass is 286 g/mol. The lowest BCUT2D eigenvalue weighted by atomic mass is 10.0. The summed E-state index contributed by atoms with van der Waals surface area (Å²) < 4.78 is 5.20. The summed E-state index contributed by atoms with van der Waals surface area (Å²) >= 11 is 0. The second kappa shape index (κ2) is 8.82. The lowest BCUT2D eigenvalue weighted by Gasteiger charge is -2.24. The first-order valence-electron chi connectivity index (χ1n) is 7.43. The molecule has 0 aliphatic rings. The SMILES string of the molecule is CCCCNC(=O)C(CC(C)C)NC(=O)OC(C)(C)C. The van der Waals surface area contributed by atoms with Gasteiger partial charge in [-0.3, -0.25) is 4.79 Å². The quantitative estimate of drug-likeness (QED) is 0.707. The summed E-state index contributed by atoms with van der Waals surface area (Å²) in [5.41, 5.74) is -0.564. The number of amides is 2. The lowest BCUT2D eigenvalue weighted by Crippen LogP contribution is -2.48. The molecule has 0 aromatic carbocycles. The van der Waals surface area contributed by atoms with Gasteiger partial charge in [0, 0.05) is 6.54 Å². The van der Waals surface area contributed by atoms with Gasteiger partial charge in [-0.05, 0) is 39.5 Å². The number of rotatable bonds is 7. The van der Waals surface area contributed by atoms with E-state index in [0.717, 1.165) is 12.8 Å². The van der Waals surface area contributed by atoms with Gasteiger partial charge in [-0.2, -0.15) is 0 Å². The van der Waals surface area contributed by atoms with E-state index in [1.165, 1.54) is 0 Å². The normalized spacial score (nSPS) is 12.9. The average Bonchev–Trinajstić information content (AvgIpc) is 2.25. The second-order valence-corrected chi connectivity index (χ2v) is 6.47. The zero-order valence-corrected chi connectivity index (χ0v) is 13.7. The average molecular weight is 286 g/mol. The molecule has 2 amide bonds. The van der Waals surface area contributed by atoms with Crippen LogP contribution in [0.25, 0.3) is 0 Å². The molecule has 0 aliphatic carbocycles. The van der Waals surface area contributed by atoms with Gasteiger partial charge in [-0.1, -0.05) is 27.2 Å². The van der Waals surface area contributed by atoms with Gasteiger partial charge in [0.2, 0.25) is 5.91 Å². The molecule has 0 bridgehead atoms. The molecule has 0 aromatic rings. The molecular weight excluding hydrogens is 256 g/mol. The zero-order chi connectivity index (χ0) is 15.8. The van der Waals surface area contributed by atoms with E-state index in [1.807, 2.05) is 13.8 Å². The minimum atomic E-state index is -0.564. The third-order valence-electron chi connectivity index (χ3n) is 2.54. The minimum absolute atomic E-state index is 0.141. The number of carbonyl (C=O) groups is 2. The van der Waals surface area contributed by atoms with Crippen molar-refractivity contribution in [3.05, 3.63) is 0 Å². The fourth-order valence-corrected chi connectivity index (χ4v) is 1.66. The van der Waals surface area contributed by atoms with E-state index >= 15 is 0 Å². The van der Waals surface area contributed by atoms with E-state index in [4.69, 9.17) is 4.74 Å². The van der Waals surface area contributed by atoms with Gasteiger partial charge >= 0.3 is 6.09 Å². The van der Waals surface area contributed by atoms with Crippen LogP contribution in [-0.2, 0) is 9.53 Å². The van der Waals surface area contributed by atoms with Crippen LogP contribution in [0.1, 0.15) is 60.8 Å². The maximum atomic E-state index is 12.1. The largest absolute Gasteiger partial charge is 0.444 e. The van der Waals surface area contributed by atoms with Crippen molar-refractivity contribution >= 4 is 12.0 Å². The predicted octanol–water partition coefficient (Wildman–Crippen LogP) is 2.84. The first-order valence-corrected chi connectivity index (χ1v) is 7.43. The van der Waals surface area contributed by atoms with E-state index in [-0.39, 0.29) is 5.91 Å². The van der Waals surface area contributed by atoms with Crippen molar-refractivity contribution in [2.24, 2.45) is 5.92 Å². The molecule has 118 valence electrons. The maximum absolute atomic E-state index is 12.1. The lowest BCUT2D eigenvalue weighted by molar-refractivity contribution is -0.123. The molecule has 2 N–H and O–H groups in total. The standard InChI is InChI=1S/C15H30N2O3/c1-7-8-9-16-13(18)12(10-11(2)3)17-14(19)20-15(4,5)6/h11-12H,7-10H2,1-6H3,(H,16,18)(H,17,19). The smallest absolute Gasteiger partial charge is 0.408 e. The Labute approximate surface area is 122 Å². The Morgan fingerprint density at radius 1 is 1.20 bits per heavy atom. The molecule has 0 radical (unpaired) electrons. The number of hydrogen-bond donors (Lipinski definition) is 2. The summed E-state index contributed by atoms with van der Waals surface area (Å²) in [5, 5.41) is 5.51. The number of ether oxygens (including phenoxy) is 1. The Balaban J connectivity index is 4.47. The van der Waals surface area contributed by atoms with Crippen molar-refractivity contribution < 1.29 is 14.3 Å². The van der Waals surface area contributed by atoms with Gasteiger partial charge in [0.1, 0.15) is 11.6 Å². The molecule has 1 atom stereocenters. The minimum Gasteiger partial charge on any atom is -0.444 e. The van der Waals surface area contributed by atoms with Crippen molar-refractivity contribution in [2.45, 2.75) is 72.4 Å². The van der Waals surface area contributed by atoms with Crippen LogP contribution in [0.5, 0.6) is 0 Å². The predicted molar refractivity (Wildman–Crippen MR) is 80.5 cm³/mol. The molecule has 0 saturated carbocycles. The molecule has 0 aliphatic heterocycles. The molecule has 0 saturated heterocycles. The molecular formula is C15H30N2O3. The summed E-state index contributed by atoms with van der Waals surface area (Å²) in [6, 6.07) is -0.540. The van der Waals surface area contributed by atoms with E-state index < -0.39 is 17.7 Å². The number of carbonyl (C=O) groups excluding carboxylic acids is 2. The fourth-order valence-electron chi connectivity index (χ4n) is 1.66. The van der Waals surface area contributed by atoms with Gasteiger partial charge in [0.25, 0.3) is 0 Å². The molecule has 0 rings (SSSR count). The highest BCUT2D eigenvalue weighted by Crippen LogP contribution is 2.09. The Kier molecular flexibility index (Phi) is 8.26. The fraction of sp³-hybridized carbons (Fsp3) is 0.867. The molecule has 5 heteroatoms. The number of unbranched alkanes of at least 4 members (excludes halogenated alkanes) is 1. The Morgan fingerprint density at radius 2 is 1.80 bits per heavy atom. The number of alkyl carbamates (subject to hydrolysis) is 1. The third-order valence-corrected chi connectivity index (χ3v) is 2.54. The van der Waals surface area contributed by atoms with Crippen molar-refractivity contribution in [3.8, 4) is 0 Å². The van der Waals surface area contributed by atoms with Gasteiger partial charge in [0.15, 0.2) is 0 Å². The number of hydrogen-bond acceptors (Lipinski definition) is 3. The van der Waals surface area contributed by atoms with E-state index in [1.54, 1.807) is 20.8 Å². The van der Waals surface area contributed by atoms with Crippen LogP contribution in [0.15, 0.2) is 0 Å². The topological polar surface area (TPSA) is 67.4 Å². The Hall–Kier alpha value is -1.26. The van der Waals surface area contributed by atoms with Crippen LogP contribution in [0.2, 0.25) is 0 Å². The van der Waals surface area contributed by atoms with E-state index in [2.05, 4.69) is 17.6 Å². The molecule has 0 heterocycles. The van der Waals surface area contributed by atoms with Crippen molar-refractivity contribution in [1.29, 1.82) is 0 Å². The van der Waals surface area contributed by atoms with Gasteiger partial charge in [-0.25, -0.2) is 4.79 Å². The van der Waals surface area contributed by atoms with Crippen molar-refractivity contribution in [2.75, 3.05) is 6.54 Å². The van der Waals surface area contributed by atoms with Gasteiger partial charge < -0.3 is 15.4 Å². The molecule has 1 unspecified atom stereocenters. The second-order valence-electron chi connectivity index (χ2n) is 6.47. The van der Waals surface area contributed by atoms with Crippen molar-refractivity contribution in [1.82, 2.24) is 10.6 Å². The van der Waals surface area contributed by atoms with Crippen LogP contribution in [0, 0.1) is 5.92 Å². The summed E-state index contributed by atoms with van der Waals surface area (Å²) in [6.45, 7) is 12.1. The van der Waals surface area contributed by atoms with Crippen molar-refractivity contribution in [3.63, 3.8) is 0 Å². The highest BCUT2D eigenvalue weighted by atomic mass is 16.6. The maximum Gasteiger partial charge on any atom is 0.408 e. The molecule has 0 aromatic heterocycles. The Morgan fingerprint density at radius 3 is 2.25 bits per heavy atom.